The second-order valence-electron chi connectivity index (χ2n) is 4.86. The summed E-state index contributed by atoms with van der Waals surface area (Å²) in [5.41, 5.74) is 2.40. The molecule has 0 fully saturated rings. The van der Waals surface area contributed by atoms with Crippen molar-refractivity contribution in [1.29, 1.82) is 0 Å². The van der Waals surface area contributed by atoms with Crippen LogP contribution in [0.15, 0.2) is 59.0 Å². The minimum Gasteiger partial charge on any atom is -0.419 e. The second-order valence-corrected chi connectivity index (χ2v) is 4.86. The number of nitrogens with zero attached hydrogens (tertiary/aromatic N) is 2. The molecule has 3 aromatic rings. The smallest absolute Gasteiger partial charge is 0.247 e. The van der Waals surface area contributed by atoms with Gasteiger partial charge in [-0.25, -0.2) is 0 Å². The first-order chi connectivity index (χ1) is 10.7. The number of carbonyl (C=O) groups excluding carboxylic acids is 1. The van der Waals surface area contributed by atoms with Crippen molar-refractivity contribution in [3.05, 3.63) is 66.1 Å². The van der Waals surface area contributed by atoms with Crippen molar-refractivity contribution in [1.82, 2.24) is 10.2 Å². The maximum Gasteiger partial charge on any atom is 0.247 e. The van der Waals surface area contributed by atoms with E-state index in [1.54, 1.807) is 19.1 Å². The van der Waals surface area contributed by atoms with Crippen molar-refractivity contribution >= 4 is 11.5 Å². The minimum absolute atomic E-state index is 0.0350. The SMILES string of the molecule is CC(=O)c1cccc(NCc2nnc(-c3ccccc3)o2)c1. The summed E-state index contributed by atoms with van der Waals surface area (Å²) in [6, 6.07) is 16.9. The standard InChI is InChI=1S/C17H15N3O2/c1-12(21)14-8-5-9-15(10-14)18-11-16-19-20-17(22-16)13-6-3-2-4-7-13/h2-10,18H,11H2,1H3. The molecule has 1 N–H and O–H groups in total. The zero-order valence-corrected chi connectivity index (χ0v) is 12.1. The minimum atomic E-state index is 0.0350. The highest BCUT2D eigenvalue weighted by atomic mass is 16.4. The lowest BCUT2D eigenvalue weighted by Gasteiger charge is -2.04. The van der Waals surface area contributed by atoms with Crippen molar-refractivity contribution in [3.8, 4) is 11.5 Å². The van der Waals surface area contributed by atoms with Crippen LogP contribution in [0.25, 0.3) is 11.5 Å². The Morgan fingerprint density at radius 2 is 1.91 bits per heavy atom. The second kappa shape index (κ2) is 6.22. The van der Waals surface area contributed by atoms with E-state index in [0.29, 0.717) is 23.9 Å². The van der Waals surface area contributed by atoms with Gasteiger partial charge in [0.15, 0.2) is 5.78 Å². The number of nitrogens with one attached hydrogen (secondary N) is 1. The predicted octanol–water partition coefficient (Wildman–Crippen LogP) is 3.55. The highest BCUT2D eigenvalue weighted by molar-refractivity contribution is 5.94. The van der Waals surface area contributed by atoms with Gasteiger partial charge in [-0.3, -0.25) is 4.79 Å². The molecule has 110 valence electrons. The normalized spacial score (nSPS) is 10.4. The lowest BCUT2D eigenvalue weighted by molar-refractivity contribution is 0.101. The fourth-order valence-electron chi connectivity index (χ4n) is 2.05. The zero-order chi connectivity index (χ0) is 15.4. The Balaban J connectivity index is 1.69. The van der Waals surface area contributed by atoms with Crippen LogP contribution in [0.3, 0.4) is 0 Å². The molecule has 3 rings (SSSR count). The van der Waals surface area contributed by atoms with Gasteiger partial charge in [0.25, 0.3) is 0 Å². The molecule has 5 nitrogen and oxygen atoms in total. The molecule has 0 saturated heterocycles. The fraction of sp³-hybridized carbons (Fsp3) is 0.118. The Bertz CT molecular complexity index is 781. The number of rotatable bonds is 5. The highest BCUT2D eigenvalue weighted by Crippen LogP contribution is 2.18. The Labute approximate surface area is 128 Å². The molecule has 0 unspecified atom stereocenters. The topological polar surface area (TPSA) is 68.0 Å². The van der Waals surface area contributed by atoms with Gasteiger partial charge in [0.05, 0.1) is 6.54 Å². The summed E-state index contributed by atoms with van der Waals surface area (Å²) >= 11 is 0. The first-order valence-electron chi connectivity index (χ1n) is 6.95. The van der Waals surface area contributed by atoms with Crippen LogP contribution in [0.5, 0.6) is 0 Å². The van der Waals surface area contributed by atoms with Crippen LogP contribution in [-0.4, -0.2) is 16.0 Å². The lowest BCUT2D eigenvalue weighted by atomic mass is 10.1. The summed E-state index contributed by atoms with van der Waals surface area (Å²) in [5.74, 6) is 1.02. The van der Waals surface area contributed by atoms with E-state index < -0.39 is 0 Å². The maximum atomic E-state index is 11.4. The van der Waals surface area contributed by atoms with Gasteiger partial charge in [-0.15, -0.1) is 10.2 Å². The molecule has 2 aromatic carbocycles. The van der Waals surface area contributed by atoms with Crippen molar-refractivity contribution in [2.24, 2.45) is 0 Å². The molecule has 0 amide bonds. The van der Waals surface area contributed by atoms with Gasteiger partial charge in [0, 0.05) is 16.8 Å². The van der Waals surface area contributed by atoms with E-state index in [2.05, 4.69) is 15.5 Å². The number of anilines is 1. The molecule has 0 bridgehead atoms. The van der Waals surface area contributed by atoms with Gasteiger partial charge in [0.2, 0.25) is 11.8 Å². The van der Waals surface area contributed by atoms with Crippen molar-refractivity contribution in [3.63, 3.8) is 0 Å². The maximum absolute atomic E-state index is 11.4. The molecule has 0 aliphatic rings. The molecule has 0 aliphatic carbocycles. The Morgan fingerprint density at radius 1 is 1.09 bits per heavy atom. The number of hydrogen-bond donors (Lipinski definition) is 1. The molecule has 0 radical (unpaired) electrons. The van der Waals surface area contributed by atoms with E-state index in [9.17, 15) is 4.79 Å². The van der Waals surface area contributed by atoms with E-state index in [1.807, 2.05) is 42.5 Å². The third-order valence-corrected chi connectivity index (χ3v) is 3.20. The average molecular weight is 293 g/mol. The van der Waals surface area contributed by atoms with Crippen molar-refractivity contribution in [2.45, 2.75) is 13.5 Å². The molecule has 0 atom stereocenters. The van der Waals surface area contributed by atoms with Crippen LogP contribution in [0.1, 0.15) is 23.2 Å². The third-order valence-electron chi connectivity index (χ3n) is 3.20. The molecule has 0 spiro atoms. The van der Waals surface area contributed by atoms with Crippen LogP contribution >= 0.6 is 0 Å². The number of Topliss-reactive ketones (excluding diaryl/α,β-unsaturated/α-hetero) is 1. The largest absolute Gasteiger partial charge is 0.419 e. The van der Waals surface area contributed by atoms with E-state index in [1.165, 1.54) is 0 Å². The van der Waals surface area contributed by atoms with Crippen LogP contribution in [0, 0.1) is 0 Å². The molecule has 0 saturated carbocycles. The molecule has 22 heavy (non-hydrogen) atoms. The molecular weight excluding hydrogens is 278 g/mol. The van der Waals surface area contributed by atoms with Crippen molar-refractivity contribution < 1.29 is 9.21 Å². The predicted molar refractivity (Wildman–Crippen MR) is 83.5 cm³/mol. The number of ketones is 1. The van der Waals surface area contributed by atoms with E-state index in [0.717, 1.165) is 11.3 Å². The summed E-state index contributed by atoms with van der Waals surface area (Å²) in [6.07, 6.45) is 0. The molecular formula is C17H15N3O2. The lowest BCUT2D eigenvalue weighted by Crippen LogP contribution is -2.01. The Hall–Kier alpha value is -2.95. The van der Waals surface area contributed by atoms with Crippen LogP contribution < -0.4 is 5.32 Å². The number of hydrogen-bond acceptors (Lipinski definition) is 5. The van der Waals surface area contributed by atoms with Gasteiger partial charge in [0.1, 0.15) is 0 Å². The zero-order valence-electron chi connectivity index (χ0n) is 12.1. The van der Waals surface area contributed by atoms with E-state index >= 15 is 0 Å². The first kappa shape index (κ1) is 14.0. The Morgan fingerprint density at radius 3 is 2.68 bits per heavy atom. The van der Waals surface area contributed by atoms with Crippen LogP contribution in [0.2, 0.25) is 0 Å². The quantitative estimate of drug-likeness (QED) is 0.729. The van der Waals surface area contributed by atoms with Gasteiger partial charge < -0.3 is 9.73 Å². The van der Waals surface area contributed by atoms with Crippen molar-refractivity contribution in [2.75, 3.05) is 5.32 Å². The van der Waals surface area contributed by atoms with Gasteiger partial charge in [-0.05, 0) is 31.2 Å². The summed E-state index contributed by atoms with van der Waals surface area (Å²) in [7, 11) is 0. The molecule has 1 aromatic heterocycles. The average Bonchev–Trinajstić information content (AvgIpc) is 3.03. The van der Waals surface area contributed by atoms with Gasteiger partial charge in [-0.2, -0.15) is 0 Å². The molecule has 1 heterocycles. The van der Waals surface area contributed by atoms with Gasteiger partial charge >= 0.3 is 0 Å². The van der Waals surface area contributed by atoms with E-state index in [-0.39, 0.29) is 5.78 Å². The highest BCUT2D eigenvalue weighted by Gasteiger charge is 2.08. The number of benzene rings is 2. The summed E-state index contributed by atoms with van der Waals surface area (Å²) in [4.78, 5) is 11.4. The summed E-state index contributed by atoms with van der Waals surface area (Å²) in [5, 5.41) is 11.2. The van der Waals surface area contributed by atoms with Crippen LogP contribution in [-0.2, 0) is 6.54 Å². The summed E-state index contributed by atoms with van der Waals surface area (Å²) < 4.78 is 5.62. The van der Waals surface area contributed by atoms with Gasteiger partial charge in [-0.1, -0.05) is 30.3 Å². The number of aromatic nitrogens is 2. The van der Waals surface area contributed by atoms with Crippen LogP contribution in [0.4, 0.5) is 5.69 Å². The molecule has 0 aliphatic heterocycles. The first-order valence-corrected chi connectivity index (χ1v) is 6.95. The fourth-order valence-corrected chi connectivity index (χ4v) is 2.05. The third kappa shape index (κ3) is 3.20. The monoisotopic (exact) mass is 293 g/mol. The van der Waals surface area contributed by atoms with E-state index in [4.69, 9.17) is 4.42 Å². The number of carbonyl (C=O) groups is 1. The summed E-state index contributed by atoms with van der Waals surface area (Å²) in [6.45, 7) is 1.95. The molecule has 5 heteroatoms. The Kier molecular flexibility index (Phi) is 3.96.